The van der Waals surface area contributed by atoms with Crippen molar-refractivity contribution in [1.82, 2.24) is 0 Å². The van der Waals surface area contributed by atoms with Crippen LogP contribution in [0.3, 0.4) is 0 Å². The van der Waals surface area contributed by atoms with Crippen LogP contribution in [0.15, 0.2) is 21.3 Å². The van der Waals surface area contributed by atoms with Crippen molar-refractivity contribution in [2.45, 2.75) is 26.2 Å². The largest absolute Gasteiger partial charge is 0.493 e. The van der Waals surface area contributed by atoms with E-state index >= 15 is 0 Å². The third-order valence-corrected chi connectivity index (χ3v) is 3.32. The molecule has 1 heterocycles. The third kappa shape index (κ3) is 2.49. The normalized spacial score (nSPS) is 11.5. The Labute approximate surface area is 126 Å². The summed E-state index contributed by atoms with van der Waals surface area (Å²) in [7, 11) is 2.92. The van der Waals surface area contributed by atoms with Gasteiger partial charge in [0.05, 0.1) is 24.7 Å². The maximum absolute atomic E-state index is 12.0. The Morgan fingerprint density at radius 1 is 1.14 bits per heavy atom. The summed E-state index contributed by atoms with van der Waals surface area (Å²) in [5.74, 6) is 0.788. The standard InChI is InChI=1S/C15H17NO6/c1-15(2,3)12-8-6-10(20-4)11(21-5)7-9(8)22-14(17)13(12)16(18)19/h6-7H,1-5H3. The van der Waals surface area contributed by atoms with Crippen LogP contribution < -0.4 is 15.1 Å². The quantitative estimate of drug-likeness (QED) is 0.491. The molecule has 0 unspecified atom stereocenters. The molecule has 0 atom stereocenters. The van der Waals surface area contributed by atoms with Crippen molar-refractivity contribution < 1.29 is 18.8 Å². The summed E-state index contributed by atoms with van der Waals surface area (Å²) in [5, 5.41) is 11.8. The molecule has 7 nitrogen and oxygen atoms in total. The highest BCUT2D eigenvalue weighted by Crippen LogP contribution is 2.39. The molecule has 118 valence electrons. The first kappa shape index (κ1) is 15.8. The zero-order valence-corrected chi connectivity index (χ0v) is 13.1. The molecule has 1 aromatic carbocycles. The number of rotatable bonds is 3. The second kappa shape index (κ2) is 5.32. The highest BCUT2D eigenvalue weighted by molar-refractivity contribution is 5.87. The number of hydrogen-bond acceptors (Lipinski definition) is 6. The molecule has 0 aliphatic rings. The molecule has 0 saturated carbocycles. The molecule has 0 radical (unpaired) electrons. The maximum Gasteiger partial charge on any atom is 0.415 e. The van der Waals surface area contributed by atoms with Gasteiger partial charge in [-0.25, -0.2) is 4.79 Å². The molecule has 22 heavy (non-hydrogen) atoms. The van der Waals surface area contributed by atoms with Crippen molar-refractivity contribution in [2.24, 2.45) is 0 Å². The highest BCUT2D eigenvalue weighted by Gasteiger charge is 2.33. The number of nitrogens with zero attached hydrogens (tertiary/aromatic N) is 1. The van der Waals surface area contributed by atoms with E-state index in [2.05, 4.69) is 0 Å². The Kier molecular flexibility index (Phi) is 3.83. The van der Waals surface area contributed by atoms with Crippen molar-refractivity contribution in [3.05, 3.63) is 38.2 Å². The molecule has 2 rings (SSSR count). The van der Waals surface area contributed by atoms with E-state index in [0.29, 0.717) is 22.4 Å². The zero-order valence-electron chi connectivity index (χ0n) is 13.1. The van der Waals surface area contributed by atoms with E-state index in [1.54, 1.807) is 26.8 Å². The van der Waals surface area contributed by atoms with Gasteiger partial charge in [0.15, 0.2) is 11.5 Å². The molecule has 0 aliphatic heterocycles. The molecule has 0 fully saturated rings. The zero-order chi connectivity index (χ0) is 16.7. The Morgan fingerprint density at radius 2 is 1.68 bits per heavy atom. The van der Waals surface area contributed by atoms with E-state index in [4.69, 9.17) is 13.9 Å². The van der Waals surface area contributed by atoms with Gasteiger partial charge in [-0.15, -0.1) is 0 Å². The highest BCUT2D eigenvalue weighted by atomic mass is 16.6. The van der Waals surface area contributed by atoms with E-state index in [1.807, 2.05) is 0 Å². The summed E-state index contributed by atoms with van der Waals surface area (Å²) in [6, 6.07) is 3.08. The van der Waals surface area contributed by atoms with Gasteiger partial charge < -0.3 is 13.9 Å². The van der Waals surface area contributed by atoms with Crippen LogP contribution >= 0.6 is 0 Å². The van der Waals surface area contributed by atoms with Gasteiger partial charge in [0.2, 0.25) is 0 Å². The predicted octanol–water partition coefficient (Wildman–Crippen LogP) is 3.02. The van der Waals surface area contributed by atoms with Crippen LogP contribution in [0.25, 0.3) is 11.0 Å². The second-order valence-corrected chi connectivity index (χ2v) is 5.82. The number of benzene rings is 1. The summed E-state index contributed by atoms with van der Waals surface area (Å²) in [6.45, 7) is 5.39. The molecule has 0 N–H and O–H groups in total. The minimum absolute atomic E-state index is 0.221. The van der Waals surface area contributed by atoms with Crippen molar-refractivity contribution >= 4 is 16.7 Å². The third-order valence-electron chi connectivity index (χ3n) is 3.32. The first-order valence-corrected chi connectivity index (χ1v) is 6.58. The molecule has 0 saturated heterocycles. The van der Waals surface area contributed by atoms with Gasteiger partial charge in [-0.05, 0) is 11.5 Å². The van der Waals surface area contributed by atoms with Crippen molar-refractivity contribution in [3.8, 4) is 11.5 Å². The van der Waals surface area contributed by atoms with Crippen LogP contribution in [0.1, 0.15) is 26.3 Å². The summed E-state index contributed by atoms with van der Waals surface area (Å²) in [6.07, 6.45) is 0. The Morgan fingerprint density at radius 3 is 2.14 bits per heavy atom. The fraction of sp³-hybridized carbons (Fsp3) is 0.400. The Hall–Kier alpha value is -2.57. The van der Waals surface area contributed by atoms with Crippen molar-refractivity contribution in [2.75, 3.05) is 14.2 Å². The Balaban J connectivity index is 3.04. The van der Waals surface area contributed by atoms with Crippen molar-refractivity contribution in [3.63, 3.8) is 0 Å². The van der Waals surface area contributed by atoms with Crippen LogP contribution in [0.4, 0.5) is 5.69 Å². The van der Waals surface area contributed by atoms with E-state index in [0.717, 1.165) is 0 Å². The lowest BCUT2D eigenvalue weighted by Gasteiger charge is -2.20. The van der Waals surface area contributed by atoms with Gasteiger partial charge in [0.25, 0.3) is 0 Å². The summed E-state index contributed by atoms with van der Waals surface area (Å²) < 4.78 is 15.5. The predicted molar refractivity (Wildman–Crippen MR) is 80.9 cm³/mol. The topological polar surface area (TPSA) is 91.8 Å². The molecular weight excluding hydrogens is 290 g/mol. The fourth-order valence-corrected chi connectivity index (χ4v) is 2.44. The number of methoxy groups -OCH3 is 2. The van der Waals surface area contributed by atoms with E-state index in [9.17, 15) is 14.9 Å². The smallest absolute Gasteiger partial charge is 0.415 e. The second-order valence-electron chi connectivity index (χ2n) is 5.82. The lowest BCUT2D eigenvalue weighted by molar-refractivity contribution is -0.388. The van der Waals surface area contributed by atoms with Gasteiger partial charge in [-0.3, -0.25) is 10.1 Å². The number of nitro groups is 1. The molecule has 2 aromatic rings. The SMILES string of the molecule is COc1cc2oc(=O)c([N+](=O)[O-])c(C(C)(C)C)c2cc1OC. The van der Waals surface area contributed by atoms with Gasteiger partial charge >= 0.3 is 11.3 Å². The summed E-state index contributed by atoms with van der Waals surface area (Å²) in [5.41, 5.74) is -1.62. The Bertz CT molecular complexity index is 800. The van der Waals surface area contributed by atoms with E-state index in [-0.39, 0.29) is 5.58 Å². The van der Waals surface area contributed by atoms with Crippen LogP contribution in [-0.2, 0) is 5.41 Å². The van der Waals surface area contributed by atoms with Gasteiger partial charge in [0, 0.05) is 11.5 Å². The van der Waals surface area contributed by atoms with Crippen LogP contribution in [0.2, 0.25) is 0 Å². The van der Waals surface area contributed by atoms with Crippen molar-refractivity contribution in [1.29, 1.82) is 0 Å². The van der Waals surface area contributed by atoms with Gasteiger partial charge in [0.1, 0.15) is 5.58 Å². The molecule has 0 aliphatic carbocycles. The minimum atomic E-state index is -0.977. The first-order valence-electron chi connectivity index (χ1n) is 6.58. The van der Waals surface area contributed by atoms with E-state index < -0.39 is 21.7 Å². The average molecular weight is 307 g/mol. The molecule has 1 aromatic heterocycles. The van der Waals surface area contributed by atoms with Gasteiger partial charge in [-0.2, -0.15) is 0 Å². The number of ether oxygens (including phenoxy) is 2. The summed E-state index contributed by atoms with van der Waals surface area (Å²) >= 11 is 0. The molecule has 7 heteroatoms. The van der Waals surface area contributed by atoms with Crippen LogP contribution in [0.5, 0.6) is 11.5 Å². The molecular formula is C15H17NO6. The van der Waals surface area contributed by atoms with Gasteiger partial charge in [-0.1, -0.05) is 20.8 Å². The number of fused-ring (bicyclic) bond motifs is 1. The lowest BCUT2D eigenvalue weighted by atomic mass is 9.84. The molecule has 0 amide bonds. The maximum atomic E-state index is 12.0. The minimum Gasteiger partial charge on any atom is -0.493 e. The monoisotopic (exact) mass is 307 g/mol. The number of hydrogen-bond donors (Lipinski definition) is 0. The average Bonchev–Trinajstić information content (AvgIpc) is 2.42. The van der Waals surface area contributed by atoms with Crippen LogP contribution in [0, 0.1) is 10.1 Å². The fourth-order valence-electron chi connectivity index (χ4n) is 2.44. The molecule has 0 bridgehead atoms. The molecule has 0 spiro atoms. The van der Waals surface area contributed by atoms with E-state index in [1.165, 1.54) is 20.3 Å². The lowest BCUT2D eigenvalue weighted by Crippen LogP contribution is -2.20. The van der Waals surface area contributed by atoms with Crippen LogP contribution in [-0.4, -0.2) is 19.1 Å². The summed E-state index contributed by atoms with van der Waals surface area (Å²) in [4.78, 5) is 22.6. The first-order chi connectivity index (χ1) is 10.2.